The van der Waals surface area contributed by atoms with Crippen molar-refractivity contribution in [1.82, 2.24) is 4.31 Å². The molecular weight excluding hydrogens is 295 g/mol. The van der Waals surface area contributed by atoms with Gasteiger partial charge in [-0.25, -0.2) is 17.1 Å². The molecule has 0 aliphatic heterocycles. The van der Waals surface area contributed by atoms with Crippen molar-refractivity contribution in [2.24, 2.45) is 5.92 Å². The van der Waals surface area contributed by atoms with E-state index in [4.69, 9.17) is 5.26 Å². The van der Waals surface area contributed by atoms with Gasteiger partial charge in [-0.1, -0.05) is 12.5 Å². The van der Waals surface area contributed by atoms with E-state index in [9.17, 15) is 17.9 Å². The Labute approximate surface area is 123 Å². The molecule has 7 heteroatoms. The predicted octanol–water partition coefficient (Wildman–Crippen LogP) is 1.48. The van der Waals surface area contributed by atoms with Crippen LogP contribution in [0, 0.1) is 23.1 Å². The molecule has 0 aromatic heterocycles. The average Bonchev–Trinajstić information content (AvgIpc) is 2.84. The molecule has 0 saturated heterocycles. The first-order valence-electron chi connectivity index (χ1n) is 6.71. The summed E-state index contributed by atoms with van der Waals surface area (Å²) in [6.07, 6.45) is 1.78. The summed E-state index contributed by atoms with van der Waals surface area (Å²) in [5.74, 6) is -0.975. The fraction of sp³-hybridized carbons (Fsp3) is 0.500. The Bertz CT molecular complexity index is 669. The van der Waals surface area contributed by atoms with Crippen molar-refractivity contribution in [3.05, 3.63) is 29.6 Å². The van der Waals surface area contributed by atoms with Gasteiger partial charge in [-0.05, 0) is 30.9 Å². The van der Waals surface area contributed by atoms with Gasteiger partial charge in [-0.15, -0.1) is 0 Å². The number of hydrogen-bond acceptors (Lipinski definition) is 4. The van der Waals surface area contributed by atoms with Crippen LogP contribution in [0.5, 0.6) is 0 Å². The monoisotopic (exact) mass is 312 g/mol. The third-order valence-electron chi connectivity index (χ3n) is 3.89. The maximum Gasteiger partial charge on any atom is 0.244 e. The normalized spacial score (nSPS) is 22.4. The molecule has 1 aliphatic carbocycles. The number of halogens is 1. The Morgan fingerprint density at radius 1 is 1.48 bits per heavy atom. The number of rotatable bonds is 4. The third-order valence-corrected chi connectivity index (χ3v) is 5.75. The topological polar surface area (TPSA) is 81.4 Å². The number of nitrogens with zero attached hydrogens (tertiary/aromatic N) is 2. The van der Waals surface area contributed by atoms with Crippen LogP contribution in [0.3, 0.4) is 0 Å². The summed E-state index contributed by atoms with van der Waals surface area (Å²) in [6, 6.07) is 5.14. The van der Waals surface area contributed by atoms with Crippen molar-refractivity contribution < 1.29 is 17.9 Å². The van der Waals surface area contributed by atoms with Gasteiger partial charge in [0.1, 0.15) is 22.3 Å². The first kappa shape index (κ1) is 15.9. The highest BCUT2D eigenvalue weighted by molar-refractivity contribution is 7.89. The second-order valence-corrected chi connectivity index (χ2v) is 7.28. The fourth-order valence-corrected chi connectivity index (χ4v) is 4.03. The molecule has 1 aliphatic rings. The van der Waals surface area contributed by atoms with E-state index < -0.39 is 27.5 Å². The molecule has 1 saturated carbocycles. The zero-order valence-corrected chi connectivity index (χ0v) is 12.5. The molecule has 1 aromatic carbocycles. The third kappa shape index (κ3) is 3.07. The van der Waals surface area contributed by atoms with Crippen molar-refractivity contribution in [2.45, 2.75) is 30.3 Å². The van der Waals surface area contributed by atoms with Crippen LogP contribution in [0.4, 0.5) is 4.39 Å². The van der Waals surface area contributed by atoms with Gasteiger partial charge >= 0.3 is 0 Å². The quantitative estimate of drug-likeness (QED) is 0.913. The highest BCUT2D eigenvalue weighted by atomic mass is 32.2. The van der Waals surface area contributed by atoms with E-state index in [-0.39, 0.29) is 17.4 Å². The molecule has 2 atom stereocenters. The molecule has 1 N–H and O–H groups in total. The lowest BCUT2D eigenvalue weighted by Crippen LogP contribution is -2.35. The van der Waals surface area contributed by atoms with E-state index in [1.165, 1.54) is 19.2 Å². The van der Waals surface area contributed by atoms with Crippen LogP contribution in [0.25, 0.3) is 0 Å². The minimum absolute atomic E-state index is 0.121. The molecule has 21 heavy (non-hydrogen) atoms. The van der Waals surface area contributed by atoms with E-state index in [1.807, 2.05) is 0 Å². The molecule has 0 amide bonds. The van der Waals surface area contributed by atoms with Gasteiger partial charge in [0.05, 0.1) is 6.10 Å². The molecule has 114 valence electrons. The Kier molecular flexibility index (Phi) is 4.61. The lowest BCUT2D eigenvalue weighted by molar-refractivity contribution is 0.123. The van der Waals surface area contributed by atoms with E-state index in [2.05, 4.69) is 0 Å². The van der Waals surface area contributed by atoms with Gasteiger partial charge in [0.15, 0.2) is 0 Å². The smallest absolute Gasteiger partial charge is 0.244 e. The van der Waals surface area contributed by atoms with Crippen LogP contribution in [-0.2, 0) is 10.0 Å². The van der Waals surface area contributed by atoms with Gasteiger partial charge in [-0.2, -0.15) is 5.26 Å². The van der Waals surface area contributed by atoms with Crippen molar-refractivity contribution >= 4 is 10.0 Å². The summed E-state index contributed by atoms with van der Waals surface area (Å²) < 4.78 is 39.6. The van der Waals surface area contributed by atoms with E-state index in [0.29, 0.717) is 6.42 Å². The number of nitriles is 1. The largest absolute Gasteiger partial charge is 0.393 e. The molecule has 1 aromatic rings. The lowest BCUT2D eigenvalue weighted by atomic mass is 10.1. The highest BCUT2D eigenvalue weighted by Gasteiger charge is 2.32. The molecule has 2 unspecified atom stereocenters. The number of benzene rings is 1. The summed E-state index contributed by atoms with van der Waals surface area (Å²) in [5, 5.41) is 18.7. The molecule has 0 heterocycles. The van der Waals surface area contributed by atoms with Gasteiger partial charge in [0.25, 0.3) is 0 Å². The molecule has 2 rings (SSSR count). The van der Waals surface area contributed by atoms with Crippen molar-refractivity contribution in [3.8, 4) is 6.07 Å². The molecule has 1 fully saturated rings. The molecule has 0 radical (unpaired) electrons. The highest BCUT2D eigenvalue weighted by Crippen LogP contribution is 2.28. The first-order chi connectivity index (χ1) is 9.87. The Balaban J connectivity index is 2.30. The van der Waals surface area contributed by atoms with Crippen LogP contribution in [0.1, 0.15) is 24.8 Å². The maximum atomic E-state index is 13.6. The predicted molar refractivity (Wildman–Crippen MR) is 74.3 cm³/mol. The van der Waals surface area contributed by atoms with Gasteiger partial charge in [-0.3, -0.25) is 0 Å². The molecule has 0 bridgehead atoms. The van der Waals surface area contributed by atoms with Gasteiger partial charge in [0, 0.05) is 13.6 Å². The Morgan fingerprint density at radius 2 is 2.19 bits per heavy atom. The summed E-state index contributed by atoms with van der Waals surface area (Å²) in [6.45, 7) is 0.158. The second-order valence-electron chi connectivity index (χ2n) is 5.27. The van der Waals surface area contributed by atoms with E-state index >= 15 is 0 Å². The summed E-state index contributed by atoms with van der Waals surface area (Å²) in [5.41, 5.74) is -0.476. The number of hydrogen-bond donors (Lipinski definition) is 1. The van der Waals surface area contributed by atoms with Crippen LogP contribution in [0.15, 0.2) is 23.1 Å². The molecule has 5 nitrogen and oxygen atoms in total. The number of aliphatic hydroxyl groups is 1. The van der Waals surface area contributed by atoms with Gasteiger partial charge in [0.2, 0.25) is 10.0 Å². The zero-order chi connectivity index (χ0) is 15.6. The molecular formula is C14H17FN2O3S. The summed E-state index contributed by atoms with van der Waals surface area (Å²) in [4.78, 5) is -0.333. The first-order valence-corrected chi connectivity index (χ1v) is 8.15. The minimum atomic E-state index is -3.96. The van der Waals surface area contributed by atoms with Crippen molar-refractivity contribution in [1.29, 1.82) is 5.26 Å². The van der Waals surface area contributed by atoms with Crippen LogP contribution in [-0.4, -0.2) is 37.5 Å². The van der Waals surface area contributed by atoms with Crippen LogP contribution >= 0.6 is 0 Å². The zero-order valence-electron chi connectivity index (χ0n) is 11.7. The fourth-order valence-electron chi connectivity index (χ4n) is 2.65. The summed E-state index contributed by atoms with van der Waals surface area (Å²) >= 11 is 0. The van der Waals surface area contributed by atoms with Crippen LogP contribution < -0.4 is 0 Å². The SMILES string of the molecule is CN(CC1CCCC1O)S(=O)(=O)c1cccc(F)c1C#N. The lowest BCUT2D eigenvalue weighted by Gasteiger charge is -2.23. The van der Waals surface area contributed by atoms with E-state index in [0.717, 1.165) is 23.2 Å². The Hall–Kier alpha value is -1.49. The maximum absolute atomic E-state index is 13.6. The average molecular weight is 312 g/mol. The standard InChI is InChI=1S/C14H17FN2O3S/c1-17(9-10-4-2-6-13(10)18)21(19,20)14-7-3-5-12(15)11(14)8-16/h3,5,7,10,13,18H,2,4,6,9H2,1H3. The minimum Gasteiger partial charge on any atom is -0.393 e. The van der Waals surface area contributed by atoms with Crippen LogP contribution in [0.2, 0.25) is 0 Å². The number of sulfonamides is 1. The van der Waals surface area contributed by atoms with Crippen molar-refractivity contribution in [3.63, 3.8) is 0 Å². The van der Waals surface area contributed by atoms with Gasteiger partial charge < -0.3 is 5.11 Å². The Morgan fingerprint density at radius 3 is 2.76 bits per heavy atom. The van der Waals surface area contributed by atoms with E-state index in [1.54, 1.807) is 6.07 Å². The number of aliphatic hydroxyl groups excluding tert-OH is 1. The molecule has 0 spiro atoms. The second kappa shape index (κ2) is 6.10. The summed E-state index contributed by atoms with van der Waals surface area (Å²) in [7, 11) is -2.57. The van der Waals surface area contributed by atoms with Crippen molar-refractivity contribution in [2.75, 3.05) is 13.6 Å².